The smallest absolute Gasteiger partial charge is 0.0519 e. The lowest BCUT2D eigenvalue weighted by Gasteiger charge is -2.31. The van der Waals surface area contributed by atoms with Gasteiger partial charge in [0.05, 0.1) is 12.7 Å². The third kappa shape index (κ3) is 3.58. The van der Waals surface area contributed by atoms with Crippen molar-refractivity contribution in [2.45, 2.75) is 52.7 Å². The lowest BCUT2D eigenvalue weighted by atomic mass is 10.1. The fourth-order valence-corrected chi connectivity index (χ4v) is 1.91. The van der Waals surface area contributed by atoms with Crippen molar-refractivity contribution in [2.75, 3.05) is 19.7 Å². The highest BCUT2D eigenvalue weighted by atomic mass is 16.5. The maximum absolute atomic E-state index is 5.66. The number of ether oxygens (including phenoxy) is 1. The Bertz CT molecular complexity index is 172. The van der Waals surface area contributed by atoms with Crippen LogP contribution >= 0.6 is 0 Å². The van der Waals surface area contributed by atoms with Crippen LogP contribution in [0.5, 0.6) is 0 Å². The Hall–Kier alpha value is -0.0800. The van der Waals surface area contributed by atoms with Gasteiger partial charge in [-0.2, -0.15) is 0 Å². The van der Waals surface area contributed by atoms with E-state index in [1.807, 2.05) is 0 Å². The molecule has 0 spiro atoms. The molecule has 1 fully saturated rings. The van der Waals surface area contributed by atoms with E-state index in [1.54, 1.807) is 0 Å². The van der Waals surface area contributed by atoms with Crippen molar-refractivity contribution in [1.29, 1.82) is 0 Å². The first-order valence-electron chi connectivity index (χ1n) is 5.76. The Labute approximate surface area is 88.6 Å². The molecule has 0 aromatic rings. The van der Waals surface area contributed by atoms with Gasteiger partial charge in [0.25, 0.3) is 0 Å². The summed E-state index contributed by atoms with van der Waals surface area (Å²) in [6.45, 7) is 14.5. The molecule has 0 aliphatic carbocycles. The Morgan fingerprint density at radius 1 is 1.36 bits per heavy atom. The molecule has 1 unspecified atom stereocenters. The van der Waals surface area contributed by atoms with Crippen LogP contribution in [-0.2, 0) is 4.74 Å². The van der Waals surface area contributed by atoms with E-state index in [0.29, 0.717) is 11.6 Å². The van der Waals surface area contributed by atoms with Gasteiger partial charge in [-0.3, -0.25) is 4.90 Å². The molecule has 1 atom stereocenters. The summed E-state index contributed by atoms with van der Waals surface area (Å²) in [7, 11) is 0. The molecule has 0 radical (unpaired) electrons. The van der Waals surface area contributed by atoms with E-state index in [-0.39, 0.29) is 0 Å². The Morgan fingerprint density at radius 3 is 2.43 bits per heavy atom. The summed E-state index contributed by atoms with van der Waals surface area (Å²) < 4.78 is 5.66. The zero-order valence-corrected chi connectivity index (χ0v) is 10.3. The van der Waals surface area contributed by atoms with E-state index in [1.165, 1.54) is 19.5 Å². The van der Waals surface area contributed by atoms with Crippen LogP contribution in [0.4, 0.5) is 0 Å². The normalized spacial score (nSPS) is 24.9. The summed E-state index contributed by atoms with van der Waals surface area (Å²) >= 11 is 0. The molecular formula is C12H25NO. The summed E-state index contributed by atoms with van der Waals surface area (Å²) in [6.07, 6.45) is 1.67. The molecule has 0 aromatic carbocycles. The van der Waals surface area contributed by atoms with Gasteiger partial charge < -0.3 is 4.74 Å². The van der Waals surface area contributed by atoms with Gasteiger partial charge in [-0.1, -0.05) is 0 Å². The van der Waals surface area contributed by atoms with Gasteiger partial charge in [0, 0.05) is 12.1 Å². The second-order valence-electron chi connectivity index (χ2n) is 5.65. The monoisotopic (exact) mass is 199 g/mol. The zero-order chi connectivity index (χ0) is 10.8. The van der Waals surface area contributed by atoms with Crippen molar-refractivity contribution in [3.63, 3.8) is 0 Å². The third-order valence-corrected chi connectivity index (χ3v) is 2.90. The summed E-state index contributed by atoms with van der Waals surface area (Å²) in [6, 6.07) is 0. The molecule has 1 aliphatic rings. The molecule has 2 heteroatoms. The van der Waals surface area contributed by atoms with Crippen LogP contribution in [0.1, 0.15) is 41.0 Å². The molecule has 14 heavy (non-hydrogen) atoms. The SMILES string of the molecule is CC(C)OCC1CCN(C(C)(C)C)C1. The van der Waals surface area contributed by atoms with Crippen LogP contribution in [0.3, 0.4) is 0 Å². The summed E-state index contributed by atoms with van der Waals surface area (Å²) in [5, 5.41) is 0. The van der Waals surface area contributed by atoms with E-state index in [2.05, 4.69) is 39.5 Å². The molecule has 84 valence electrons. The molecule has 1 aliphatic heterocycles. The molecule has 2 nitrogen and oxygen atoms in total. The average molecular weight is 199 g/mol. The van der Waals surface area contributed by atoms with Crippen LogP contribution in [-0.4, -0.2) is 36.2 Å². The van der Waals surface area contributed by atoms with Crippen molar-refractivity contribution in [3.05, 3.63) is 0 Å². The zero-order valence-electron chi connectivity index (χ0n) is 10.3. The second-order valence-corrected chi connectivity index (χ2v) is 5.65. The Morgan fingerprint density at radius 2 is 2.00 bits per heavy atom. The van der Waals surface area contributed by atoms with Crippen molar-refractivity contribution >= 4 is 0 Å². The van der Waals surface area contributed by atoms with Crippen LogP contribution in [0.2, 0.25) is 0 Å². The Kier molecular flexibility index (Phi) is 3.96. The van der Waals surface area contributed by atoms with Gasteiger partial charge in [0.1, 0.15) is 0 Å². The molecule has 0 aromatic heterocycles. The lowest BCUT2D eigenvalue weighted by molar-refractivity contribution is 0.0495. The first kappa shape index (κ1) is 12.0. The van der Waals surface area contributed by atoms with E-state index < -0.39 is 0 Å². The number of nitrogens with zero attached hydrogens (tertiary/aromatic N) is 1. The quantitative estimate of drug-likeness (QED) is 0.692. The van der Waals surface area contributed by atoms with Gasteiger partial charge in [-0.05, 0) is 53.5 Å². The predicted molar refractivity (Wildman–Crippen MR) is 60.5 cm³/mol. The minimum absolute atomic E-state index is 0.326. The van der Waals surface area contributed by atoms with E-state index in [0.717, 1.165) is 12.5 Å². The van der Waals surface area contributed by atoms with Gasteiger partial charge in [-0.25, -0.2) is 0 Å². The fourth-order valence-electron chi connectivity index (χ4n) is 1.91. The van der Waals surface area contributed by atoms with Crippen molar-refractivity contribution < 1.29 is 4.74 Å². The highest BCUT2D eigenvalue weighted by Crippen LogP contribution is 2.24. The highest BCUT2D eigenvalue weighted by Gasteiger charge is 2.30. The molecular weight excluding hydrogens is 174 g/mol. The maximum atomic E-state index is 5.66. The minimum Gasteiger partial charge on any atom is -0.378 e. The van der Waals surface area contributed by atoms with Crippen molar-refractivity contribution in [1.82, 2.24) is 4.90 Å². The predicted octanol–water partition coefficient (Wildman–Crippen LogP) is 2.53. The molecule has 1 heterocycles. The Balaban J connectivity index is 2.27. The maximum Gasteiger partial charge on any atom is 0.0519 e. The van der Waals surface area contributed by atoms with Crippen LogP contribution in [0, 0.1) is 5.92 Å². The summed E-state index contributed by atoms with van der Waals surface area (Å²) in [5.41, 5.74) is 0.326. The minimum atomic E-state index is 0.326. The first-order valence-corrected chi connectivity index (χ1v) is 5.76. The van der Waals surface area contributed by atoms with Gasteiger partial charge in [0.2, 0.25) is 0 Å². The molecule has 0 bridgehead atoms. The molecule has 1 saturated heterocycles. The van der Waals surface area contributed by atoms with E-state index in [4.69, 9.17) is 4.74 Å². The van der Waals surface area contributed by atoms with Crippen molar-refractivity contribution in [2.24, 2.45) is 5.92 Å². The van der Waals surface area contributed by atoms with Crippen molar-refractivity contribution in [3.8, 4) is 0 Å². The molecule has 0 saturated carbocycles. The number of likely N-dealkylation sites (tertiary alicyclic amines) is 1. The largest absolute Gasteiger partial charge is 0.378 e. The second kappa shape index (κ2) is 4.63. The van der Waals surface area contributed by atoms with Crippen LogP contribution in [0.25, 0.3) is 0 Å². The van der Waals surface area contributed by atoms with E-state index in [9.17, 15) is 0 Å². The third-order valence-electron chi connectivity index (χ3n) is 2.90. The van der Waals surface area contributed by atoms with Crippen LogP contribution < -0.4 is 0 Å². The molecule has 0 N–H and O–H groups in total. The molecule has 1 rings (SSSR count). The standard InChI is InChI=1S/C12H25NO/c1-10(2)14-9-11-6-7-13(8-11)12(3,4)5/h10-11H,6-9H2,1-5H3. The van der Waals surface area contributed by atoms with Gasteiger partial charge >= 0.3 is 0 Å². The number of rotatable bonds is 3. The van der Waals surface area contributed by atoms with Gasteiger partial charge in [0.15, 0.2) is 0 Å². The van der Waals surface area contributed by atoms with Gasteiger partial charge in [-0.15, -0.1) is 0 Å². The lowest BCUT2D eigenvalue weighted by Crippen LogP contribution is -2.39. The van der Waals surface area contributed by atoms with E-state index >= 15 is 0 Å². The molecule has 0 amide bonds. The summed E-state index contributed by atoms with van der Waals surface area (Å²) in [4.78, 5) is 2.56. The topological polar surface area (TPSA) is 12.5 Å². The average Bonchev–Trinajstić information content (AvgIpc) is 2.47. The number of hydrogen-bond donors (Lipinski definition) is 0. The van der Waals surface area contributed by atoms with Crippen LogP contribution in [0.15, 0.2) is 0 Å². The fraction of sp³-hybridized carbons (Fsp3) is 1.00. The summed E-state index contributed by atoms with van der Waals surface area (Å²) in [5.74, 6) is 0.747. The first-order chi connectivity index (χ1) is 6.39. The number of hydrogen-bond acceptors (Lipinski definition) is 2. The highest BCUT2D eigenvalue weighted by molar-refractivity contribution is 4.84.